The molecule has 7 heteroatoms. The SMILES string of the molecule is CCOC(=O)c1c(CSc2nnc(-c3ccccc3C)n2C)nc2ccccc2c1C. The Hall–Kier alpha value is -3.19. The van der Waals surface area contributed by atoms with Crippen molar-refractivity contribution >= 4 is 28.6 Å². The van der Waals surface area contributed by atoms with Crippen LogP contribution in [0.25, 0.3) is 22.3 Å². The smallest absolute Gasteiger partial charge is 0.340 e. The number of pyridine rings is 1. The predicted octanol–water partition coefficient (Wildman–Crippen LogP) is 5.12. The summed E-state index contributed by atoms with van der Waals surface area (Å²) in [7, 11) is 1.95. The van der Waals surface area contributed by atoms with Crippen molar-refractivity contribution in [1.82, 2.24) is 19.7 Å². The summed E-state index contributed by atoms with van der Waals surface area (Å²) in [5.41, 5.74) is 5.18. The van der Waals surface area contributed by atoms with Gasteiger partial charge in [-0.1, -0.05) is 54.2 Å². The molecule has 158 valence electrons. The Kier molecular flexibility index (Phi) is 6.04. The highest BCUT2D eigenvalue weighted by Crippen LogP contribution is 2.30. The van der Waals surface area contributed by atoms with Gasteiger partial charge < -0.3 is 9.30 Å². The first-order chi connectivity index (χ1) is 15.0. The van der Waals surface area contributed by atoms with E-state index in [-0.39, 0.29) is 5.97 Å². The van der Waals surface area contributed by atoms with Crippen molar-refractivity contribution in [1.29, 1.82) is 0 Å². The Morgan fingerprint density at radius 3 is 2.58 bits per heavy atom. The summed E-state index contributed by atoms with van der Waals surface area (Å²) in [6.07, 6.45) is 0. The van der Waals surface area contributed by atoms with E-state index in [1.54, 1.807) is 0 Å². The van der Waals surface area contributed by atoms with Crippen LogP contribution >= 0.6 is 11.8 Å². The van der Waals surface area contributed by atoms with Crippen LogP contribution in [-0.4, -0.2) is 32.3 Å². The monoisotopic (exact) mass is 432 g/mol. The molecule has 2 heterocycles. The van der Waals surface area contributed by atoms with E-state index in [1.807, 2.05) is 67.9 Å². The minimum absolute atomic E-state index is 0.320. The number of ether oxygens (including phenoxy) is 1. The van der Waals surface area contributed by atoms with Crippen LogP contribution in [0.5, 0.6) is 0 Å². The van der Waals surface area contributed by atoms with E-state index in [9.17, 15) is 4.79 Å². The van der Waals surface area contributed by atoms with Gasteiger partial charge in [-0.15, -0.1) is 10.2 Å². The lowest BCUT2D eigenvalue weighted by Crippen LogP contribution is -2.12. The summed E-state index contributed by atoms with van der Waals surface area (Å²) in [6.45, 7) is 6.14. The first kappa shape index (κ1) is 21.1. The highest BCUT2D eigenvalue weighted by Gasteiger charge is 2.21. The highest BCUT2D eigenvalue weighted by atomic mass is 32.2. The third kappa shape index (κ3) is 4.05. The van der Waals surface area contributed by atoms with Gasteiger partial charge in [-0.2, -0.15) is 0 Å². The molecule has 4 aromatic rings. The molecule has 0 saturated carbocycles. The zero-order valence-corrected chi connectivity index (χ0v) is 18.9. The summed E-state index contributed by atoms with van der Waals surface area (Å²) in [5, 5.41) is 10.5. The van der Waals surface area contributed by atoms with Crippen molar-refractivity contribution in [3.8, 4) is 11.4 Å². The van der Waals surface area contributed by atoms with E-state index in [0.29, 0.717) is 23.6 Å². The van der Waals surface area contributed by atoms with Crippen LogP contribution in [-0.2, 0) is 17.5 Å². The molecule has 2 aromatic heterocycles. The van der Waals surface area contributed by atoms with Gasteiger partial charge in [-0.05, 0) is 38.0 Å². The third-order valence-electron chi connectivity index (χ3n) is 5.27. The van der Waals surface area contributed by atoms with Crippen molar-refractivity contribution < 1.29 is 9.53 Å². The van der Waals surface area contributed by atoms with Crippen LogP contribution in [0.1, 0.15) is 34.1 Å². The second-order valence-electron chi connectivity index (χ2n) is 7.26. The summed E-state index contributed by atoms with van der Waals surface area (Å²) >= 11 is 1.51. The summed E-state index contributed by atoms with van der Waals surface area (Å²) in [5.74, 6) is 0.959. The molecule has 0 bridgehead atoms. The Morgan fingerprint density at radius 2 is 1.81 bits per heavy atom. The van der Waals surface area contributed by atoms with Crippen molar-refractivity contribution in [2.75, 3.05) is 6.61 Å². The number of carbonyl (C=O) groups excluding carboxylic acids is 1. The second-order valence-corrected chi connectivity index (χ2v) is 8.21. The zero-order valence-electron chi connectivity index (χ0n) is 18.0. The maximum absolute atomic E-state index is 12.7. The molecule has 0 radical (unpaired) electrons. The average molecular weight is 433 g/mol. The number of benzene rings is 2. The van der Waals surface area contributed by atoms with Crippen LogP contribution in [0.15, 0.2) is 53.7 Å². The molecule has 6 nitrogen and oxygen atoms in total. The Morgan fingerprint density at radius 1 is 1.06 bits per heavy atom. The number of hydrogen-bond donors (Lipinski definition) is 0. The van der Waals surface area contributed by atoms with Gasteiger partial charge >= 0.3 is 5.97 Å². The van der Waals surface area contributed by atoms with Crippen LogP contribution in [0.4, 0.5) is 0 Å². The van der Waals surface area contributed by atoms with E-state index in [1.165, 1.54) is 11.8 Å². The first-order valence-electron chi connectivity index (χ1n) is 10.1. The number of carbonyl (C=O) groups is 1. The molecule has 4 rings (SSSR count). The first-order valence-corrected chi connectivity index (χ1v) is 11.1. The topological polar surface area (TPSA) is 69.9 Å². The van der Waals surface area contributed by atoms with Gasteiger partial charge in [0.15, 0.2) is 11.0 Å². The number of para-hydroxylation sites is 1. The number of aryl methyl sites for hydroxylation is 2. The quantitative estimate of drug-likeness (QED) is 0.311. The number of thioether (sulfide) groups is 1. The van der Waals surface area contributed by atoms with Crippen molar-refractivity contribution in [2.24, 2.45) is 7.05 Å². The molecule has 0 fully saturated rings. The number of nitrogens with zero attached hydrogens (tertiary/aromatic N) is 4. The fraction of sp³-hybridized carbons (Fsp3) is 0.250. The van der Waals surface area contributed by atoms with Gasteiger partial charge in [0.25, 0.3) is 0 Å². The Labute approximate surface area is 185 Å². The van der Waals surface area contributed by atoms with E-state index >= 15 is 0 Å². The molecule has 2 aromatic carbocycles. The van der Waals surface area contributed by atoms with E-state index in [2.05, 4.69) is 23.2 Å². The highest BCUT2D eigenvalue weighted by molar-refractivity contribution is 7.98. The van der Waals surface area contributed by atoms with Crippen molar-refractivity contribution in [2.45, 2.75) is 31.7 Å². The van der Waals surface area contributed by atoms with Gasteiger partial charge in [0, 0.05) is 23.8 Å². The number of hydrogen-bond acceptors (Lipinski definition) is 6. The fourth-order valence-corrected chi connectivity index (χ4v) is 4.50. The fourth-order valence-electron chi connectivity index (χ4n) is 3.65. The van der Waals surface area contributed by atoms with Gasteiger partial charge in [0.2, 0.25) is 0 Å². The van der Waals surface area contributed by atoms with Crippen LogP contribution in [0.2, 0.25) is 0 Å². The maximum atomic E-state index is 12.7. The number of esters is 1. The zero-order chi connectivity index (χ0) is 22.0. The normalized spacial score (nSPS) is 11.1. The van der Waals surface area contributed by atoms with Crippen molar-refractivity contribution in [3.63, 3.8) is 0 Å². The molecule has 0 aliphatic rings. The van der Waals surface area contributed by atoms with E-state index < -0.39 is 0 Å². The molecule has 0 saturated heterocycles. The lowest BCUT2D eigenvalue weighted by atomic mass is 10.0. The molecular formula is C24H24N4O2S. The van der Waals surface area contributed by atoms with Gasteiger partial charge in [-0.3, -0.25) is 4.98 Å². The lowest BCUT2D eigenvalue weighted by molar-refractivity contribution is 0.0524. The molecular weight excluding hydrogens is 408 g/mol. The molecule has 0 aliphatic heterocycles. The largest absolute Gasteiger partial charge is 0.462 e. The predicted molar refractivity (Wildman–Crippen MR) is 123 cm³/mol. The summed E-state index contributed by atoms with van der Waals surface area (Å²) < 4.78 is 7.30. The molecule has 0 amide bonds. The average Bonchev–Trinajstić information content (AvgIpc) is 3.13. The Balaban J connectivity index is 1.69. The lowest BCUT2D eigenvalue weighted by Gasteiger charge is -2.13. The van der Waals surface area contributed by atoms with Gasteiger partial charge in [-0.25, -0.2) is 4.79 Å². The van der Waals surface area contributed by atoms with Crippen LogP contribution in [0, 0.1) is 13.8 Å². The van der Waals surface area contributed by atoms with Gasteiger partial charge in [0.05, 0.1) is 23.4 Å². The number of aromatic nitrogens is 4. The minimum atomic E-state index is -0.340. The third-order valence-corrected chi connectivity index (χ3v) is 6.30. The van der Waals surface area contributed by atoms with E-state index in [0.717, 1.165) is 38.6 Å². The summed E-state index contributed by atoms with van der Waals surface area (Å²) in [6, 6.07) is 16.0. The van der Waals surface area contributed by atoms with Crippen LogP contribution < -0.4 is 0 Å². The summed E-state index contributed by atoms with van der Waals surface area (Å²) in [4.78, 5) is 17.5. The minimum Gasteiger partial charge on any atom is -0.462 e. The molecule has 0 atom stereocenters. The van der Waals surface area contributed by atoms with Gasteiger partial charge in [0.1, 0.15) is 0 Å². The molecule has 0 N–H and O–H groups in total. The maximum Gasteiger partial charge on any atom is 0.340 e. The van der Waals surface area contributed by atoms with E-state index in [4.69, 9.17) is 9.72 Å². The Bertz CT molecular complexity index is 1270. The van der Waals surface area contributed by atoms with Crippen molar-refractivity contribution in [3.05, 3.63) is 70.9 Å². The molecule has 0 spiro atoms. The molecule has 0 aliphatic carbocycles. The second kappa shape index (κ2) is 8.89. The molecule has 31 heavy (non-hydrogen) atoms. The van der Waals surface area contributed by atoms with Crippen LogP contribution in [0.3, 0.4) is 0 Å². The molecule has 0 unspecified atom stereocenters. The standard InChI is InChI=1S/C24H24N4O2S/c1-5-30-23(29)21-16(3)18-12-8-9-13-19(18)25-20(21)14-31-24-27-26-22(28(24)4)17-11-7-6-10-15(17)2/h6-13H,5,14H2,1-4H3. The number of fused-ring (bicyclic) bond motifs is 1. The number of rotatable bonds is 6.